The first kappa shape index (κ1) is 11.4. The third-order valence-corrected chi connectivity index (χ3v) is 1.95. The molecule has 0 aliphatic carbocycles. The van der Waals surface area contributed by atoms with E-state index in [4.69, 9.17) is 0 Å². The van der Waals surface area contributed by atoms with Crippen molar-refractivity contribution in [2.24, 2.45) is 5.16 Å². The fourth-order valence-corrected chi connectivity index (χ4v) is 1.16. The minimum atomic E-state index is -0.380. The molecule has 1 rings (SSSR count). The minimum absolute atomic E-state index is 0.380. The van der Waals surface area contributed by atoms with Gasteiger partial charge in [-0.2, -0.15) is 0 Å². The molecule has 3 heteroatoms. The molecule has 0 saturated heterocycles. The Morgan fingerprint density at radius 2 is 1.93 bits per heavy atom. The number of carbonyl (C=O) groups is 1. The van der Waals surface area contributed by atoms with Crippen LogP contribution < -0.4 is 0 Å². The Hall–Kier alpha value is -1.64. The standard InChI is InChI=1S/C12H15NO2/c1-10(13-15-11(2)14)8-9-12-6-4-3-5-7-12/h3-7H,8-9H2,1-2H3/b13-10+. The maximum atomic E-state index is 10.5. The summed E-state index contributed by atoms with van der Waals surface area (Å²) in [5.41, 5.74) is 2.09. The van der Waals surface area contributed by atoms with Gasteiger partial charge in [0.2, 0.25) is 0 Å². The fraction of sp³-hybridized carbons (Fsp3) is 0.333. The Labute approximate surface area is 89.7 Å². The molecular weight excluding hydrogens is 190 g/mol. The normalized spacial score (nSPS) is 11.2. The predicted molar refractivity (Wildman–Crippen MR) is 59.6 cm³/mol. The maximum Gasteiger partial charge on any atom is 0.331 e. The van der Waals surface area contributed by atoms with Gasteiger partial charge in [-0.05, 0) is 25.3 Å². The van der Waals surface area contributed by atoms with Crippen molar-refractivity contribution in [1.82, 2.24) is 0 Å². The highest BCUT2D eigenvalue weighted by atomic mass is 16.7. The summed E-state index contributed by atoms with van der Waals surface area (Å²) < 4.78 is 0. The van der Waals surface area contributed by atoms with Gasteiger partial charge in [0.25, 0.3) is 0 Å². The second kappa shape index (κ2) is 5.96. The van der Waals surface area contributed by atoms with Gasteiger partial charge in [-0.15, -0.1) is 0 Å². The zero-order chi connectivity index (χ0) is 11.1. The molecule has 0 aliphatic heterocycles. The Morgan fingerprint density at radius 3 is 2.53 bits per heavy atom. The van der Waals surface area contributed by atoms with E-state index in [0.717, 1.165) is 18.6 Å². The van der Waals surface area contributed by atoms with Crippen molar-refractivity contribution in [3.05, 3.63) is 35.9 Å². The van der Waals surface area contributed by atoms with Crippen molar-refractivity contribution in [3.8, 4) is 0 Å². The summed E-state index contributed by atoms with van der Waals surface area (Å²) >= 11 is 0. The van der Waals surface area contributed by atoms with Gasteiger partial charge in [-0.1, -0.05) is 35.5 Å². The molecule has 0 atom stereocenters. The van der Waals surface area contributed by atoms with Crippen LogP contribution in [0.2, 0.25) is 0 Å². The highest BCUT2D eigenvalue weighted by Crippen LogP contribution is 2.03. The van der Waals surface area contributed by atoms with Crippen molar-refractivity contribution in [2.45, 2.75) is 26.7 Å². The topological polar surface area (TPSA) is 38.7 Å². The molecule has 0 heterocycles. The van der Waals surface area contributed by atoms with Crippen LogP contribution in [0.25, 0.3) is 0 Å². The molecule has 80 valence electrons. The number of rotatable bonds is 4. The molecule has 0 spiro atoms. The molecule has 0 amide bonds. The summed E-state index contributed by atoms with van der Waals surface area (Å²) in [6, 6.07) is 10.1. The molecule has 0 aromatic heterocycles. The van der Waals surface area contributed by atoms with E-state index >= 15 is 0 Å². The number of nitrogens with zero attached hydrogens (tertiary/aromatic N) is 1. The van der Waals surface area contributed by atoms with Gasteiger partial charge in [-0.25, -0.2) is 4.79 Å². The highest BCUT2D eigenvalue weighted by molar-refractivity contribution is 5.82. The van der Waals surface area contributed by atoms with Gasteiger partial charge in [0.05, 0.1) is 5.71 Å². The molecule has 0 N–H and O–H groups in total. The lowest BCUT2D eigenvalue weighted by Gasteiger charge is -2.00. The van der Waals surface area contributed by atoms with Gasteiger partial charge in [0.1, 0.15) is 0 Å². The molecule has 1 aromatic carbocycles. The number of carbonyl (C=O) groups excluding carboxylic acids is 1. The Kier molecular flexibility index (Phi) is 4.54. The lowest BCUT2D eigenvalue weighted by atomic mass is 10.1. The smallest absolute Gasteiger partial charge is 0.319 e. The Bertz CT molecular complexity index is 344. The molecule has 1 aromatic rings. The van der Waals surface area contributed by atoms with Gasteiger partial charge >= 0.3 is 5.97 Å². The Balaban J connectivity index is 2.37. The second-order valence-corrected chi connectivity index (χ2v) is 3.40. The first-order valence-corrected chi connectivity index (χ1v) is 4.93. The van der Waals surface area contributed by atoms with Gasteiger partial charge in [0, 0.05) is 6.92 Å². The van der Waals surface area contributed by atoms with Crippen molar-refractivity contribution in [3.63, 3.8) is 0 Å². The summed E-state index contributed by atoms with van der Waals surface area (Å²) in [4.78, 5) is 15.0. The minimum Gasteiger partial charge on any atom is -0.319 e. The molecule has 0 fully saturated rings. The van der Waals surface area contributed by atoms with Gasteiger partial charge < -0.3 is 4.84 Å². The zero-order valence-electron chi connectivity index (χ0n) is 9.06. The van der Waals surface area contributed by atoms with E-state index in [0.29, 0.717) is 0 Å². The molecule has 3 nitrogen and oxygen atoms in total. The lowest BCUT2D eigenvalue weighted by Crippen LogP contribution is -1.99. The average Bonchev–Trinajstić information content (AvgIpc) is 2.25. The van der Waals surface area contributed by atoms with Crippen LogP contribution in [-0.4, -0.2) is 11.7 Å². The number of hydrogen-bond donors (Lipinski definition) is 0. The SMILES string of the molecule is CC(=O)O/N=C(\C)CCc1ccccc1. The second-order valence-electron chi connectivity index (χ2n) is 3.40. The van der Waals surface area contributed by atoms with Crippen LogP contribution in [0.15, 0.2) is 35.5 Å². The monoisotopic (exact) mass is 205 g/mol. The summed E-state index contributed by atoms with van der Waals surface area (Å²) in [6.07, 6.45) is 1.72. The fourth-order valence-electron chi connectivity index (χ4n) is 1.16. The third kappa shape index (κ3) is 4.96. The highest BCUT2D eigenvalue weighted by Gasteiger charge is 1.96. The van der Waals surface area contributed by atoms with Crippen LogP contribution in [0, 0.1) is 0 Å². The van der Waals surface area contributed by atoms with Gasteiger partial charge in [-0.3, -0.25) is 0 Å². The third-order valence-electron chi connectivity index (χ3n) is 1.95. The zero-order valence-corrected chi connectivity index (χ0v) is 9.06. The molecule has 0 aliphatic rings. The number of oxime groups is 1. The van der Waals surface area contributed by atoms with E-state index in [2.05, 4.69) is 22.1 Å². The molecule has 0 bridgehead atoms. The molecule has 0 unspecified atom stereocenters. The molecule has 15 heavy (non-hydrogen) atoms. The van der Waals surface area contributed by atoms with Crippen LogP contribution in [0.5, 0.6) is 0 Å². The van der Waals surface area contributed by atoms with E-state index in [-0.39, 0.29) is 5.97 Å². The van der Waals surface area contributed by atoms with E-state index in [9.17, 15) is 4.79 Å². The van der Waals surface area contributed by atoms with Crippen molar-refractivity contribution in [1.29, 1.82) is 0 Å². The largest absolute Gasteiger partial charge is 0.331 e. The van der Waals surface area contributed by atoms with E-state index in [1.807, 2.05) is 25.1 Å². The van der Waals surface area contributed by atoms with E-state index in [1.165, 1.54) is 12.5 Å². The summed E-state index contributed by atoms with van der Waals surface area (Å²) in [6.45, 7) is 3.19. The number of hydrogen-bond acceptors (Lipinski definition) is 3. The van der Waals surface area contributed by atoms with E-state index in [1.54, 1.807) is 0 Å². The molecule has 0 radical (unpaired) electrons. The summed E-state index contributed by atoms with van der Waals surface area (Å²) in [5.74, 6) is -0.380. The lowest BCUT2D eigenvalue weighted by molar-refractivity contribution is -0.140. The van der Waals surface area contributed by atoms with Crippen molar-refractivity contribution in [2.75, 3.05) is 0 Å². The Morgan fingerprint density at radius 1 is 1.27 bits per heavy atom. The van der Waals surface area contributed by atoms with E-state index < -0.39 is 0 Å². The predicted octanol–water partition coefficient (Wildman–Crippen LogP) is 2.56. The van der Waals surface area contributed by atoms with Crippen molar-refractivity contribution >= 4 is 11.7 Å². The van der Waals surface area contributed by atoms with Crippen LogP contribution in [-0.2, 0) is 16.1 Å². The summed E-state index contributed by atoms with van der Waals surface area (Å²) in [7, 11) is 0. The average molecular weight is 205 g/mol. The molecular formula is C12H15NO2. The van der Waals surface area contributed by atoms with Crippen LogP contribution >= 0.6 is 0 Å². The van der Waals surface area contributed by atoms with Crippen LogP contribution in [0.4, 0.5) is 0 Å². The van der Waals surface area contributed by atoms with Crippen LogP contribution in [0.1, 0.15) is 25.8 Å². The van der Waals surface area contributed by atoms with Crippen LogP contribution in [0.3, 0.4) is 0 Å². The van der Waals surface area contributed by atoms with Gasteiger partial charge in [0.15, 0.2) is 0 Å². The quantitative estimate of drug-likeness (QED) is 0.430. The number of benzene rings is 1. The van der Waals surface area contributed by atoms with Crippen molar-refractivity contribution < 1.29 is 9.63 Å². The number of aryl methyl sites for hydroxylation is 1. The first-order chi connectivity index (χ1) is 7.18. The molecule has 0 saturated carbocycles. The maximum absolute atomic E-state index is 10.5. The first-order valence-electron chi connectivity index (χ1n) is 4.93. The summed E-state index contributed by atoms with van der Waals surface area (Å²) in [5, 5.41) is 3.71.